The molecule has 8 nitrogen and oxygen atoms in total. The fourth-order valence-corrected chi connectivity index (χ4v) is 3.88. The van der Waals surface area contributed by atoms with Crippen LogP contribution in [0.2, 0.25) is 0 Å². The van der Waals surface area contributed by atoms with Crippen LogP contribution in [-0.2, 0) is 25.5 Å². The lowest BCUT2D eigenvalue weighted by molar-refractivity contribution is -0.887. The first-order valence-electron chi connectivity index (χ1n) is 11.3. The number of imidazole rings is 1. The second-order valence-electron chi connectivity index (χ2n) is 9.99. The predicted octanol–water partition coefficient (Wildman–Crippen LogP) is 0.671. The second-order valence-corrected chi connectivity index (χ2v) is 10.9. The third-order valence-electron chi connectivity index (χ3n) is 4.85. The maximum atomic E-state index is 12.8. The summed E-state index contributed by atoms with van der Waals surface area (Å²) in [6.07, 6.45) is 2.70. The van der Waals surface area contributed by atoms with Crippen molar-refractivity contribution < 1.29 is 45.3 Å². The van der Waals surface area contributed by atoms with E-state index in [9.17, 15) is 14.4 Å². The van der Waals surface area contributed by atoms with Crippen LogP contribution >= 0.6 is 11.8 Å². The number of ketones is 1. The minimum absolute atomic E-state index is 0. The lowest BCUT2D eigenvalue weighted by atomic mass is 10.1. The van der Waals surface area contributed by atoms with Crippen LogP contribution in [0.15, 0.2) is 41.7 Å². The molecule has 1 heterocycles. The van der Waals surface area contributed by atoms with Crippen molar-refractivity contribution in [2.75, 3.05) is 33.5 Å². The molecule has 10 heteroatoms. The first kappa shape index (κ1) is 30.9. The zero-order valence-electron chi connectivity index (χ0n) is 21.3. The number of ether oxygens (including phenoxy) is 2. The van der Waals surface area contributed by atoms with Crippen LogP contribution < -0.4 is 17.0 Å². The molecule has 2 rings (SSSR count). The Balaban J connectivity index is 0.00000612. The van der Waals surface area contributed by atoms with Gasteiger partial charge in [-0.15, -0.1) is 0 Å². The van der Waals surface area contributed by atoms with Gasteiger partial charge in [0.1, 0.15) is 5.60 Å². The lowest BCUT2D eigenvalue weighted by Gasteiger charge is -2.32. The lowest BCUT2D eigenvalue weighted by Crippen LogP contribution is -3.00. The number of H-pyrrole nitrogens is 1. The van der Waals surface area contributed by atoms with Crippen LogP contribution in [0.1, 0.15) is 49.7 Å². The highest BCUT2D eigenvalue weighted by molar-refractivity contribution is 7.99. The molecule has 194 valence electrons. The molecule has 0 bridgehead atoms. The highest BCUT2D eigenvalue weighted by Crippen LogP contribution is 2.19. The Bertz CT molecular complexity index is 967. The first-order chi connectivity index (χ1) is 15.8. The van der Waals surface area contributed by atoms with Crippen molar-refractivity contribution >= 4 is 29.5 Å². The van der Waals surface area contributed by atoms with Crippen molar-refractivity contribution in [1.29, 1.82) is 0 Å². The van der Waals surface area contributed by atoms with Crippen molar-refractivity contribution in [3.63, 3.8) is 0 Å². The van der Waals surface area contributed by atoms with Crippen LogP contribution in [0.5, 0.6) is 0 Å². The maximum Gasteiger partial charge on any atom is 0.365 e. The van der Waals surface area contributed by atoms with Crippen molar-refractivity contribution in [2.45, 2.75) is 56.8 Å². The average Bonchev–Trinajstić information content (AvgIpc) is 3.19. The maximum absolute atomic E-state index is 12.8. The number of benzene rings is 1. The van der Waals surface area contributed by atoms with Gasteiger partial charge < -0.3 is 35.9 Å². The third-order valence-corrected chi connectivity index (χ3v) is 5.74. The van der Waals surface area contributed by atoms with E-state index in [4.69, 9.17) is 9.47 Å². The summed E-state index contributed by atoms with van der Waals surface area (Å²) in [5, 5.41) is 0.630. The van der Waals surface area contributed by atoms with Gasteiger partial charge in [0, 0.05) is 23.9 Å². The Morgan fingerprint density at radius 3 is 2.37 bits per heavy atom. The molecule has 0 aliphatic carbocycles. The summed E-state index contributed by atoms with van der Waals surface area (Å²) in [4.78, 5) is 44.5. The molecule has 1 N–H and O–H groups in total. The van der Waals surface area contributed by atoms with Crippen LogP contribution in [0.4, 0.5) is 0 Å². The SMILES string of the molecule is CC(C)(C)OC(=O)CCCOC(=O)[C@H](Cc1cnc(SCC(=O)c2ccccc2)[nH]1)[N+](C)(C)C.[Br-]. The number of thioether (sulfide) groups is 1. The van der Waals surface area contributed by atoms with Gasteiger partial charge in [0.2, 0.25) is 0 Å². The summed E-state index contributed by atoms with van der Waals surface area (Å²) in [5.74, 6) is -0.336. The summed E-state index contributed by atoms with van der Waals surface area (Å²) in [5.41, 5.74) is 0.929. The first-order valence-corrected chi connectivity index (χ1v) is 12.3. The summed E-state index contributed by atoms with van der Waals surface area (Å²) in [6.45, 7) is 5.60. The number of likely N-dealkylation sites (N-methyl/N-ethyl adjacent to an activating group) is 1. The predicted molar refractivity (Wildman–Crippen MR) is 132 cm³/mol. The van der Waals surface area contributed by atoms with Gasteiger partial charge in [-0.3, -0.25) is 9.59 Å². The summed E-state index contributed by atoms with van der Waals surface area (Å²) in [7, 11) is 5.78. The van der Waals surface area contributed by atoms with Gasteiger partial charge in [-0.1, -0.05) is 42.1 Å². The molecular weight excluding hydrogens is 534 g/mol. The monoisotopic (exact) mass is 569 g/mol. The molecule has 1 aromatic carbocycles. The number of rotatable bonds is 12. The Morgan fingerprint density at radius 2 is 1.77 bits per heavy atom. The van der Waals surface area contributed by atoms with Crippen LogP contribution in [-0.4, -0.2) is 77.3 Å². The van der Waals surface area contributed by atoms with E-state index in [0.29, 0.717) is 28.0 Å². The molecule has 0 fully saturated rings. The second kappa shape index (κ2) is 13.8. The van der Waals surface area contributed by atoms with Crippen molar-refractivity contribution in [3.05, 3.63) is 47.8 Å². The van der Waals surface area contributed by atoms with E-state index in [1.54, 1.807) is 18.3 Å². The van der Waals surface area contributed by atoms with E-state index >= 15 is 0 Å². The largest absolute Gasteiger partial charge is 1.00 e. The number of quaternary nitrogens is 1. The summed E-state index contributed by atoms with van der Waals surface area (Å²) in [6, 6.07) is 8.68. The number of hydrogen-bond acceptors (Lipinski definition) is 7. The number of carbonyl (C=O) groups is 3. The van der Waals surface area contributed by atoms with Gasteiger partial charge in [-0.05, 0) is 27.2 Å². The number of hydrogen-bond donors (Lipinski definition) is 1. The molecule has 0 saturated carbocycles. The van der Waals surface area contributed by atoms with E-state index in [1.165, 1.54) is 11.8 Å². The topological polar surface area (TPSA) is 98.3 Å². The van der Waals surface area contributed by atoms with Gasteiger partial charge >= 0.3 is 11.9 Å². The Morgan fingerprint density at radius 1 is 1.11 bits per heavy atom. The number of carbonyl (C=O) groups excluding carboxylic acids is 3. The van der Waals surface area contributed by atoms with Crippen LogP contribution in [0.25, 0.3) is 0 Å². The molecule has 1 atom stereocenters. The number of halogens is 1. The van der Waals surface area contributed by atoms with E-state index < -0.39 is 11.6 Å². The minimum Gasteiger partial charge on any atom is -1.00 e. The number of aromatic amines is 1. The normalized spacial score (nSPS) is 12.4. The Kier molecular flexibility index (Phi) is 12.2. The van der Waals surface area contributed by atoms with E-state index in [-0.39, 0.29) is 53.5 Å². The molecule has 0 radical (unpaired) electrons. The van der Waals surface area contributed by atoms with Crippen LogP contribution in [0.3, 0.4) is 0 Å². The molecule has 0 spiro atoms. The molecule has 35 heavy (non-hydrogen) atoms. The van der Waals surface area contributed by atoms with Crippen molar-refractivity contribution in [1.82, 2.24) is 9.97 Å². The Labute approximate surface area is 222 Å². The quantitative estimate of drug-likeness (QED) is 0.132. The molecule has 0 aliphatic rings. The fourth-order valence-electron chi connectivity index (χ4n) is 3.12. The van der Waals surface area contributed by atoms with Gasteiger partial charge in [0.15, 0.2) is 17.0 Å². The van der Waals surface area contributed by atoms with E-state index in [1.807, 2.05) is 60.1 Å². The number of aromatic nitrogens is 2. The molecule has 0 unspecified atom stereocenters. The number of nitrogens with one attached hydrogen (secondary N) is 1. The highest BCUT2D eigenvalue weighted by atomic mass is 79.9. The van der Waals surface area contributed by atoms with Gasteiger partial charge in [0.05, 0.1) is 39.9 Å². The van der Waals surface area contributed by atoms with Crippen LogP contribution in [0, 0.1) is 0 Å². The number of nitrogens with zero attached hydrogens (tertiary/aromatic N) is 2. The summed E-state index contributed by atoms with van der Waals surface area (Å²) < 4.78 is 11.1. The molecule has 1 aromatic heterocycles. The molecule has 0 amide bonds. The average molecular weight is 571 g/mol. The van der Waals surface area contributed by atoms with E-state index in [2.05, 4.69) is 9.97 Å². The van der Waals surface area contributed by atoms with E-state index in [0.717, 1.165) is 5.69 Å². The minimum atomic E-state index is -0.529. The number of Topliss-reactive ketones (excluding diaryl/α,β-unsaturated/α-hetero) is 1. The Hall–Kier alpha value is -2.17. The van der Waals surface area contributed by atoms with Crippen molar-refractivity contribution in [2.24, 2.45) is 0 Å². The standard InChI is InChI=1S/C25H36N3O5S.BrH/c1-25(2,3)33-22(30)13-10-14-32-23(31)20(28(4,5)6)15-19-16-26-24(27-19)34-17-21(29)18-11-8-7-9-12-18;/h7-9,11-12,16,20H,10,13-15,17H2,1-6H3,(H,26,27);1H/q+1;/p-1/t20-;/m0./s1. The smallest absolute Gasteiger partial charge is 0.365 e. The summed E-state index contributed by atoms with van der Waals surface area (Å²) >= 11 is 1.33. The van der Waals surface area contributed by atoms with Gasteiger partial charge in [-0.25, -0.2) is 9.78 Å². The third kappa shape index (κ3) is 11.4. The van der Waals surface area contributed by atoms with Gasteiger partial charge in [-0.2, -0.15) is 0 Å². The van der Waals surface area contributed by atoms with Gasteiger partial charge in [0.25, 0.3) is 0 Å². The fraction of sp³-hybridized carbons (Fsp3) is 0.520. The van der Waals surface area contributed by atoms with Crippen molar-refractivity contribution in [3.8, 4) is 0 Å². The molecule has 0 saturated heterocycles. The molecular formula is C25H36BrN3O5S. The molecule has 0 aliphatic heterocycles. The number of esters is 2. The molecule has 2 aromatic rings. The zero-order chi connectivity index (χ0) is 25.4. The zero-order valence-corrected chi connectivity index (χ0v) is 23.7. The highest BCUT2D eigenvalue weighted by Gasteiger charge is 2.34.